The number of carbonyl (C=O) groups is 2. The van der Waals surface area contributed by atoms with Gasteiger partial charge in [0.15, 0.2) is 0 Å². The molecule has 1 aromatic heterocycles. The minimum Gasteiger partial charge on any atom is -0.308 e. The molecular formula is C20H17Cl2N5O4S. The summed E-state index contributed by atoms with van der Waals surface area (Å²) < 4.78 is 27.5. The molecule has 2 aromatic carbocycles. The van der Waals surface area contributed by atoms with Gasteiger partial charge in [-0.3, -0.25) is 14.8 Å². The first-order chi connectivity index (χ1) is 15.0. The van der Waals surface area contributed by atoms with Gasteiger partial charge in [-0.1, -0.05) is 23.2 Å². The van der Waals surface area contributed by atoms with Crippen molar-refractivity contribution in [3.8, 4) is 0 Å². The van der Waals surface area contributed by atoms with E-state index in [0.29, 0.717) is 16.5 Å². The van der Waals surface area contributed by atoms with Crippen LogP contribution in [0.1, 0.15) is 21.9 Å². The average Bonchev–Trinajstić information content (AvgIpc) is 2.67. The van der Waals surface area contributed by atoms with E-state index in [2.05, 4.69) is 25.3 Å². The Balaban J connectivity index is 1.65. The van der Waals surface area contributed by atoms with Gasteiger partial charge in [-0.2, -0.15) is 0 Å². The first-order valence-corrected chi connectivity index (χ1v) is 11.3. The van der Waals surface area contributed by atoms with Crippen molar-refractivity contribution >= 4 is 56.7 Å². The standard InChI is InChI=1S/C20H17Cl2N5O4S/c1-11-9-18(24-12(2)23-11)27-32(30,31)15-6-4-14(5-7-15)25-20(29)26-19(28)16-8-3-13(21)10-17(16)22/h3-10H,1-2H3,(H,23,24,27)(H2,25,26,28,29). The Morgan fingerprint density at radius 2 is 1.62 bits per heavy atom. The molecule has 0 bridgehead atoms. The second kappa shape index (κ2) is 9.51. The number of amides is 3. The number of nitrogens with one attached hydrogen (secondary N) is 3. The fourth-order valence-corrected chi connectivity index (χ4v) is 4.18. The lowest BCUT2D eigenvalue weighted by atomic mass is 10.2. The van der Waals surface area contributed by atoms with Crippen molar-refractivity contribution < 1.29 is 18.0 Å². The van der Waals surface area contributed by atoms with Gasteiger partial charge >= 0.3 is 6.03 Å². The number of urea groups is 1. The minimum absolute atomic E-state index is 0.0404. The molecule has 3 rings (SSSR count). The summed E-state index contributed by atoms with van der Waals surface area (Å²) >= 11 is 11.7. The second-order valence-corrected chi connectivity index (χ2v) is 9.13. The third-order valence-corrected chi connectivity index (χ3v) is 5.95. The molecule has 1 heterocycles. The number of aromatic nitrogens is 2. The zero-order valence-electron chi connectivity index (χ0n) is 16.8. The molecule has 0 unspecified atom stereocenters. The lowest BCUT2D eigenvalue weighted by Gasteiger charge is -2.10. The van der Waals surface area contributed by atoms with Gasteiger partial charge in [-0.25, -0.2) is 23.2 Å². The molecule has 3 aromatic rings. The molecule has 166 valence electrons. The molecule has 0 fully saturated rings. The van der Waals surface area contributed by atoms with Crippen molar-refractivity contribution in [3.05, 3.63) is 75.7 Å². The van der Waals surface area contributed by atoms with Crippen LogP contribution in [0.2, 0.25) is 10.0 Å². The number of halogens is 2. The van der Waals surface area contributed by atoms with Gasteiger partial charge in [0.05, 0.1) is 15.5 Å². The Morgan fingerprint density at radius 1 is 0.938 bits per heavy atom. The van der Waals surface area contributed by atoms with E-state index in [4.69, 9.17) is 23.2 Å². The summed E-state index contributed by atoms with van der Waals surface area (Å²) in [5.74, 6) is -0.137. The van der Waals surface area contributed by atoms with Crippen LogP contribution in [0.25, 0.3) is 0 Å². The monoisotopic (exact) mass is 493 g/mol. The molecule has 0 aliphatic heterocycles. The normalized spacial score (nSPS) is 11.0. The van der Waals surface area contributed by atoms with E-state index in [1.54, 1.807) is 13.8 Å². The number of carbonyl (C=O) groups excluding carboxylic acids is 2. The average molecular weight is 494 g/mol. The highest BCUT2D eigenvalue weighted by molar-refractivity contribution is 7.92. The van der Waals surface area contributed by atoms with Crippen LogP contribution in [0, 0.1) is 13.8 Å². The highest BCUT2D eigenvalue weighted by Crippen LogP contribution is 2.21. The molecular weight excluding hydrogens is 477 g/mol. The fraction of sp³-hybridized carbons (Fsp3) is 0.100. The molecule has 0 spiro atoms. The highest BCUT2D eigenvalue weighted by Gasteiger charge is 2.17. The Kier molecular flexibility index (Phi) is 6.97. The summed E-state index contributed by atoms with van der Waals surface area (Å²) in [5, 5.41) is 5.02. The van der Waals surface area contributed by atoms with Crippen LogP contribution >= 0.6 is 23.2 Å². The van der Waals surface area contributed by atoms with Gasteiger partial charge in [0.1, 0.15) is 11.6 Å². The third kappa shape index (κ3) is 5.94. The summed E-state index contributed by atoms with van der Waals surface area (Å²) in [7, 11) is -3.90. The van der Waals surface area contributed by atoms with E-state index in [9.17, 15) is 18.0 Å². The highest BCUT2D eigenvalue weighted by atomic mass is 35.5. The molecule has 0 aliphatic carbocycles. The summed E-state index contributed by atoms with van der Waals surface area (Å²) in [6.07, 6.45) is 0. The number of nitrogens with zero attached hydrogens (tertiary/aromatic N) is 2. The SMILES string of the molecule is Cc1cc(NS(=O)(=O)c2ccc(NC(=O)NC(=O)c3ccc(Cl)cc3Cl)cc2)nc(C)n1. The molecule has 0 atom stereocenters. The van der Waals surface area contributed by atoms with E-state index in [1.807, 2.05) is 0 Å². The number of sulfonamides is 1. The number of rotatable bonds is 5. The largest absolute Gasteiger partial charge is 0.326 e. The van der Waals surface area contributed by atoms with Crippen LogP contribution in [-0.4, -0.2) is 30.3 Å². The summed E-state index contributed by atoms with van der Waals surface area (Å²) in [4.78, 5) is 32.4. The Labute approximate surface area is 194 Å². The molecule has 12 heteroatoms. The van der Waals surface area contributed by atoms with E-state index in [1.165, 1.54) is 48.5 Å². The van der Waals surface area contributed by atoms with Crippen molar-refractivity contribution in [2.75, 3.05) is 10.0 Å². The van der Waals surface area contributed by atoms with Gasteiger partial charge < -0.3 is 5.32 Å². The number of imide groups is 1. The van der Waals surface area contributed by atoms with Gasteiger partial charge in [0, 0.05) is 22.5 Å². The van der Waals surface area contributed by atoms with Crippen LogP contribution in [0.5, 0.6) is 0 Å². The number of hydrogen-bond acceptors (Lipinski definition) is 6. The van der Waals surface area contributed by atoms with Crippen molar-refractivity contribution in [2.24, 2.45) is 0 Å². The molecule has 3 amide bonds. The quantitative estimate of drug-likeness (QED) is 0.488. The lowest BCUT2D eigenvalue weighted by Crippen LogP contribution is -2.34. The lowest BCUT2D eigenvalue weighted by molar-refractivity contribution is 0.0967. The van der Waals surface area contributed by atoms with Gasteiger partial charge in [0.2, 0.25) is 0 Å². The van der Waals surface area contributed by atoms with Crippen LogP contribution < -0.4 is 15.4 Å². The van der Waals surface area contributed by atoms with E-state index in [0.717, 1.165) is 0 Å². The van der Waals surface area contributed by atoms with Gasteiger partial charge in [-0.05, 0) is 56.3 Å². The number of hydrogen-bond donors (Lipinski definition) is 3. The maximum Gasteiger partial charge on any atom is 0.326 e. The van der Waals surface area contributed by atoms with E-state index >= 15 is 0 Å². The molecule has 32 heavy (non-hydrogen) atoms. The van der Waals surface area contributed by atoms with E-state index < -0.39 is 22.0 Å². The smallest absolute Gasteiger partial charge is 0.308 e. The molecule has 9 nitrogen and oxygen atoms in total. The van der Waals surface area contributed by atoms with E-state index in [-0.39, 0.29) is 27.0 Å². The van der Waals surface area contributed by atoms with Crippen molar-refractivity contribution in [1.82, 2.24) is 15.3 Å². The van der Waals surface area contributed by atoms with Crippen molar-refractivity contribution in [3.63, 3.8) is 0 Å². The number of benzene rings is 2. The first-order valence-electron chi connectivity index (χ1n) is 9.06. The van der Waals surface area contributed by atoms with Gasteiger partial charge in [0.25, 0.3) is 15.9 Å². The molecule has 0 saturated carbocycles. The summed E-state index contributed by atoms with van der Waals surface area (Å²) in [6.45, 7) is 3.38. The zero-order chi connectivity index (χ0) is 23.5. The van der Waals surface area contributed by atoms with Crippen LogP contribution in [0.3, 0.4) is 0 Å². The first kappa shape index (κ1) is 23.5. The molecule has 0 aliphatic rings. The maximum atomic E-state index is 12.6. The molecule has 0 radical (unpaired) electrons. The molecule has 0 saturated heterocycles. The Hall–Kier alpha value is -3.21. The predicted molar refractivity (Wildman–Crippen MR) is 122 cm³/mol. The fourth-order valence-electron chi connectivity index (χ4n) is 2.69. The van der Waals surface area contributed by atoms with Crippen molar-refractivity contribution in [1.29, 1.82) is 0 Å². The Morgan fingerprint density at radius 3 is 2.25 bits per heavy atom. The number of aryl methyl sites for hydroxylation is 2. The number of anilines is 2. The molecule has 3 N–H and O–H groups in total. The van der Waals surface area contributed by atoms with Crippen LogP contribution in [0.4, 0.5) is 16.3 Å². The third-order valence-electron chi connectivity index (χ3n) is 4.03. The maximum absolute atomic E-state index is 12.6. The minimum atomic E-state index is -3.90. The van der Waals surface area contributed by atoms with Crippen molar-refractivity contribution in [2.45, 2.75) is 18.7 Å². The summed E-state index contributed by atoms with van der Waals surface area (Å²) in [5.41, 5.74) is 0.967. The predicted octanol–water partition coefficient (Wildman–Crippen LogP) is 4.16. The van der Waals surface area contributed by atoms with Crippen LogP contribution in [-0.2, 0) is 10.0 Å². The Bertz CT molecular complexity index is 1280. The van der Waals surface area contributed by atoms with Crippen LogP contribution in [0.15, 0.2) is 53.4 Å². The van der Waals surface area contributed by atoms with Gasteiger partial charge in [-0.15, -0.1) is 0 Å². The second-order valence-electron chi connectivity index (χ2n) is 6.60. The summed E-state index contributed by atoms with van der Waals surface area (Å²) in [6, 6.07) is 10.3. The zero-order valence-corrected chi connectivity index (χ0v) is 19.1. The topological polar surface area (TPSA) is 130 Å².